The zero-order valence-corrected chi connectivity index (χ0v) is 11.8. The molecule has 18 heavy (non-hydrogen) atoms. The van der Waals surface area contributed by atoms with Gasteiger partial charge in [-0.15, -0.1) is 11.8 Å². The van der Waals surface area contributed by atoms with Gasteiger partial charge in [0.25, 0.3) is 0 Å². The normalized spacial score (nSPS) is 20.6. The van der Waals surface area contributed by atoms with Crippen LogP contribution in [0.5, 0.6) is 0 Å². The van der Waals surface area contributed by atoms with E-state index in [1.807, 2.05) is 0 Å². The van der Waals surface area contributed by atoms with Crippen LogP contribution >= 0.6 is 23.5 Å². The summed E-state index contributed by atoms with van der Waals surface area (Å²) in [7, 11) is 0. The first-order valence-corrected chi connectivity index (χ1v) is 7.42. The molecule has 0 saturated heterocycles. The van der Waals surface area contributed by atoms with Crippen molar-refractivity contribution in [2.24, 2.45) is 5.92 Å². The molecule has 0 spiro atoms. The number of aliphatic carboxylic acids is 1. The van der Waals surface area contributed by atoms with E-state index in [0.717, 1.165) is 11.8 Å². The Bertz CT molecular complexity index is 383. The molecule has 2 unspecified atom stereocenters. The maximum Gasteiger partial charge on any atom is 0.330 e. The van der Waals surface area contributed by atoms with Crippen LogP contribution in [0.15, 0.2) is 11.5 Å². The summed E-state index contributed by atoms with van der Waals surface area (Å²) in [5.74, 6) is -0.917. The van der Waals surface area contributed by atoms with E-state index in [1.165, 1.54) is 29.7 Å². The van der Waals surface area contributed by atoms with Gasteiger partial charge in [0.05, 0.1) is 5.88 Å². The molecule has 1 heterocycles. The van der Waals surface area contributed by atoms with Gasteiger partial charge in [0.2, 0.25) is 5.91 Å². The predicted octanol–water partition coefficient (Wildman–Crippen LogP) is 1.40. The van der Waals surface area contributed by atoms with Crippen LogP contribution in [0.2, 0.25) is 0 Å². The van der Waals surface area contributed by atoms with E-state index in [9.17, 15) is 14.4 Å². The fourth-order valence-electron chi connectivity index (χ4n) is 1.45. The number of carbonyl (C=O) groups excluding carboxylic acids is 2. The van der Waals surface area contributed by atoms with Crippen LogP contribution in [0.25, 0.3) is 0 Å². The Balaban J connectivity index is 2.66. The SMILES string of the molecule is CC(=O)SCC(C)C(=O)N1CSC=CC1C(=O)O. The first kappa shape index (κ1) is 15.1. The van der Waals surface area contributed by atoms with E-state index < -0.39 is 12.0 Å². The highest BCUT2D eigenvalue weighted by Gasteiger charge is 2.31. The Labute approximate surface area is 114 Å². The van der Waals surface area contributed by atoms with Gasteiger partial charge in [-0.25, -0.2) is 4.79 Å². The van der Waals surface area contributed by atoms with Crippen molar-refractivity contribution >= 4 is 40.5 Å². The molecule has 1 aliphatic heterocycles. The molecule has 2 atom stereocenters. The Morgan fingerprint density at radius 1 is 1.56 bits per heavy atom. The lowest BCUT2D eigenvalue weighted by Gasteiger charge is -2.31. The number of rotatable bonds is 4. The molecule has 0 aromatic rings. The van der Waals surface area contributed by atoms with Gasteiger partial charge in [0.15, 0.2) is 5.12 Å². The largest absolute Gasteiger partial charge is 0.479 e. The highest BCUT2D eigenvalue weighted by atomic mass is 32.2. The molecule has 7 heteroatoms. The Morgan fingerprint density at radius 2 is 2.22 bits per heavy atom. The van der Waals surface area contributed by atoms with Gasteiger partial charge in [0.1, 0.15) is 6.04 Å². The van der Waals surface area contributed by atoms with Gasteiger partial charge >= 0.3 is 5.97 Å². The van der Waals surface area contributed by atoms with Gasteiger partial charge in [-0.05, 0) is 11.5 Å². The Morgan fingerprint density at radius 3 is 2.78 bits per heavy atom. The summed E-state index contributed by atoms with van der Waals surface area (Å²) in [6, 6.07) is -0.900. The molecule has 100 valence electrons. The number of nitrogens with zero attached hydrogens (tertiary/aromatic N) is 1. The van der Waals surface area contributed by atoms with Crippen molar-refractivity contribution in [2.75, 3.05) is 11.6 Å². The molecule has 0 bridgehead atoms. The predicted molar refractivity (Wildman–Crippen MR) is 72.2 cm³/mol. The van der Waals surface area contributed by atoms with E-state index in [2.05, 4.69) is 0 Å². The number of hydrogen-bond donors (Lipinski definition) is 1. The molecule has 0 aromatic carbocycles. The Kier molecular flexibility index (Phi) is 5.74. The van der Waals surface area contributed by atoms with Crippen molar-refractivity contribution in [3.05, 3.63) is 11.5 Å². The second kappa shape index (κ2) is 6.84. The van der Waals surface area contributed by atoms with Crippen molar-refractivity contribution in [3.63, 3.8) is 0 Å². The third-order valence-electron chi connectivity index (χ3n) is 2.40. The molecule has 5 nitrogen and oxygen atoms in total. The van der Waals surface area contributed by atoms with Crippen LogP contribution in [0.3, 0.4) is 0 Å². The summed E-state index contributed by atoms with van der Waals surface area (Å²) in [4.78, 5) is 35.3. The fourth-order valence-corrected chi connectivity index (χ4v) is 2.87. The first-order valence-electron chi connectivity index (χ1n) is 5.38. The summed E-state index contributed by atoms with van der Waals surface area (Å²) < 4.78 is 0. The molecule has 0 saturated carbocycles. The average Bonchev–Trinajstić information content (AvgIpc) is 2.34. The lowest BCUT2D eigenvalue weighted by molar-refractivity contribution is -0.148. The number of carbonyl (C=O) groups is 3. The summed E-state index contributed by atoms with van der Waals surface area (Å²) in [6.45, 7) is 3.15. The molecule has 1 amide bonds. The summed E-state index contributed by atoms with van der Waals surface area (Å²) in [5.41, 5.74) is 0. The minimum absolute atomic E-state index is 0.0441. The second-order valence-corrected chi connectivity index (χ2v) is 5.98. The monoisotopic (exact) mass is 289 g/mol. The van der Waals surface area contributed by atoms with Crippen molar-refractivity contribution in [1.29, 1.82) is 0 Å². The quantitative estimate of drug-likeness (QED) is 0.843. The second-order valence-electron chi connectivity index (χ2n) is 3.92. The van der Waals surface area contributed by atoms with Gasteiger partial charge in [-0.3, -0.25) is 9.59 Å². The first-order chi connectivity index (χ1) is 8.43. The van der Waals surface area contributed by atoms with E-state index in [4.69, 9.17) is 5.11 Å². The zero-order valence-electron chi connectivity index (χ0n) is 10.2. The minimum Gasteiger partial charge on any atom is -0.479 e. The lowest BCUT2D eigenvalue weighted by Crippen LogP contribution is -2.47. The molecule has 1 rings (SSSR count). The topological polar surface area (TPSA) is 74.7 Å². The number of carboxylic acid groups (broad SMARTS) is 1. The number of thioether (sulfide) groups is 2. The molecule has 0 radical (unpaired) electrons. The molecule has 1 aliphatic rings. The van der Waals surface area contributed by atoms with Crippen molar-refractivity contribution in [3.8, 4) is 0 Å². The lowest BCUT2D eigenvalue weighted by atomic mass is 10.1. The average molecular weight is 289 g/mol. The van der Waals surface area contributed by atoms with E-state index >= 15 is 0 Å². The molecule has 0 aromatic heterocycles. The van der Waals surface area contributed by atoms with Crippen LogP contribution in [-0.4, -0.2) is 44.7 Å². The van der Waals surface area contributed by atoms with Crippen molar-refractivity contribution in [1.82, 2.24) is 4.90 Å². The highest BCUT2D eigenvalue weighted by molar-refractivity contribution is 8.13. The van der Waals surface area contributed by atoms with Crippen molar-refractivity contribution < 1.29 is 19.5 Å². The van der Waals surface area contributed by atoms with E-state index in [1.54, 1.807) is 12.3 Å². The van der Waals surface area contributed by atoms with E-state index in [-0.39, 0.29) is 16.9 Å². The van der Waals surface area contributed by atoms with Gasteiger partial charge < -0.3 is 10.0 Å². The van der Waals surface area contributed by atoms with Crippen LogP contribution in [-0.2, 0) is 14.4 Å². The third-order valence-corrected chi connectivity index (χ3v) is 4.25. The van der Waals surface area contributed by atoms with Gasteiger partial charge in [-0.2, -0.15) is 0 Å². The molecule has 0 aliphatic carbocycles. The maximum absolute atomic E-state index is 12.1. The number of amides is 1. The Hall–Kier alpha value is -0.950. The van der Waals surface area contributed by atoms with Gasteiger partial charge in [0, 0.05) is 18.6 Å². The zero-order chi connectivity index (χ0) is 13.7. The third kappa shape index (κ3) is 4.06. The summed E-state index contributed by atoms with van der Waals surface area (Å²) >= 11 is 2.46. The van der Waals surface area contributed by atoms with Crippen LogP contribution in [0.1, 0.15) is 13.8 Å². The number of hydrogen-bond acceptors (Lipinski definition) is 5. The molecular weight excluding hydrogens is 274 g/mol. The van der Waals surface area contributed by atoms with Crippen LogP contribution in [0.4, 0.5) is 0 Å². The van der Waals surface area contributed by atoms with Crippen LogP contribution < -0.4 is 0 Å². The standard InChI is InChI=1S/C11H15NO4S2/c1-7(5-18-8(2)13)10(14)12-6-17-4-3-9(12)11(15)16/h3-4,7,9H,5-6H2,1-2H3,(H,15,16). The summed E-state index contributed by atoms with van der Waals surface area (Å²) in [6.07, 6.45) is 1.50. The minimum atomic E-state index is -1.04. The molecule has 1 N–H and O–H groups in total. The number of carboxylic acids is 1. The maximum atomic E-state index is 12.1. The van der Waals surface area contributed by atoms with E-state index in [0.29, 0.717) is 11.6 Å². The highest BCUT2D eigenvalue weighted by Crippen LogP contribution is 2.21. The van der Waals surface area contributed by atoms with Crippen molar-refractivity contribution in [2.45, 2.75) is 19.9 Å². The molecule has 0 fully saturated rings. The fraction of sp³-hybridized carbons (Fsp3) is 0.545. The summed E-state index contributed by atoms with van der Waals surface area (Å²) in [5, 5.41) is 10.7. The molecular formula is C11H15NO4S2. The van der Waals surface area contributed by atoms with Gasteiger partial charge in [-0.1, -0.05) is 18.7 Å². The van der Waals surface area contributed by atoms with Crippen LogP contribution in [0, 0.1) is 5.92 Å². The smallest absolute Gasteiger partial charge is 0.330 e.